The lowest BCUT2D eigenvalue weighted by Crippen LogP contribution is -2.16. The summed E-state index contributed by atoms with van der Waals surface area (Å²) in [6, 6.07) is 7.67. The highest BCUT2D eigenvalue weighted by molar-refractivity contribution is 5.97. The minimum absolute atomic E-state index is 0.0306. The number of carbonyl (C=O) groups excluding carboxylic acids is 1. The van der Waals surface area contributed by atoms with Crippen molar-refractivity contribution in [3.05, 3.63) is 29.8 Å². The van der Waals surface area contributed by atoms with Crippen molar-refractivity contribution in [2.24, 2.45) is 11.7 Å². The molecule has 0 spiro atoms. The predicted molar refractivity (Wildman–Crippen MR) is 83.2 cm³/mol. The average molecular weight is 277 g/mol. The van der Waals surface area contributed by atoms with Crippen LogP contribution in [-0.2, 0) is 0 Å². The first-order valence-electron chi connectivity index (χ1n) is 7.46. The number of hydrogen-bond acceptors (Lipinski definition) is 3. The largest absolute Gasteiger partial charge is 0.491 e. The van der Waals surface area contributed by atoms with Crippen LogP contribution in [0.1, 0.15) is 57.3 Å². The number of Topliss-reactive ketones (excluding diaryl/α,β-unsaturated/α-hetero) is 1. The fourth-order valence-electron chi connectivity index (χ4n) is 2.16. The lowest BCUT2D eigenvalue weighted by molar-refractivity contribution is 0.0921. The second-order valence-electron chi connectivity index (χ2n) is 5.87. The maximum atomic E-state index is 12.4. The first kappa shape index (κ1) is 16.7. The van der Waals surface area contributed by atoms with Crippen LogP contribution in [0, 0.1) is 5.92 Å². The van der Waals surface area contributed by atoms with Gasteiger partial charge < -0.3 is 10.5 Å². The van der Waals surface area contributed by atoms with E-state index in [0.717, 1.165) is 30.6 Å². The zero-order valence-corrected chi connectivity index (χ0v) is 13.1. The SMILES string of the molecule is CC(N)CCCC(C)C(=O)c1cccc(OC(C)C)c1. The van der Waals surface area contributed by atoms with E-state index < -0.39 is 0 Å². The second-order valence-corrected chi connectivity index (χ2v) is 5.87. The average Bonchev–Trinajstić information content (AvgIpc) is 2.36. The number of benzene rings is 1. The third-order valence-corrected chi connectivity index (χ3v) is 3.23. The monoisotopic (exact) mass is 277 g/mol. The molecular weight excluding hydrogens is 250 g/mol. The summed E-state index contributed by atoms with van der Waals surface area (Å²) in [6.45, 7) is 7.94. The summed E-state index contributed by atoms with van der Waals surface area (Å²) in [5, 5.41) is 0. The Hall–Kier alpha value is -1.35. The van der Waals surface area contributed by atoms with Crippen molar-refractivity contribution in [1.82, 2.24) is 0 Å². The highest BCUT2D eigenvalue weighted by atomic mass is 16.5. The molecule has 0 heterocycles. The summed E-state index contributed by atoms with van der Waals surface area (Å²) in [7, 11) is 0. The Labute approximate surface area is 122 Å². The van der Waals surface area contributed by atoms with Crippen LogP contribution in [0.2, 0.25) is 0 Å². The lowest BCUT2D eigenvalue weighted by Gasteiger charge is -2.13. The molecule has 3 nitrogen and oxygen atoms in total. The molecule has 0 radical (unpaired) electrons. The molecular formula is C17H27NO2. The zero-order valence-electron chi connectivity index (χ0n) is 13.1. The van der Waals surface area contributed by atoms with Crippen molar-refractivity contribution in [2.45, 2.75) is 59.1 Å². The summed E-state index contributed by atoms with van der Waals surface area (Å²) in [6.07, 6.45) is 2.96. The number of ether oxygens (including phenoxy) is 1. The standard InChI is InChI=1S/C17H27NO2/c1-12(2)20-16-10-6-9-15(11-16)17(19)13(3)7-5-8-14(4)18/h6,9-14H,5,7-8,18H2,1-4H3. The molecule has 2 N–H and O–H groups in total. The van der Waals surface area contributed by atoms with Gasteiger partial charge in [0.1, 0.15) is 5.75 Å². The van der Waals surface area contributed by atoms with Gasteiger partial charge in [-0.15, -0.1) is 0 Å². The molecule has 1 aromatic carbocycles. The van der Waals surface area contributed by atoms with Crippen LogP contribution in [0.3, 0.4) is 0 Å². The van der Waals surface area contributed by atoms with Gasteiger partial charge in [-0.25, -0.2) is 0 Å². The van der Waals surface area contributed by atoms with Gasteiger partial charge in [0.15, 0.2) is 5.78 Å². The van der Waals surface area contributed by atoms with E-state index in [2.05, 4.69) is 0 Å². The van der Waals surface area contributed by atoms with Crippen molar-refractivity contribution in [2.75, 3.05) is 0 Å². The van der Waals surface area contributed by atoms with Gasteiger partial charge in [0, 0.05) is 17.5 Å². The summed E-state index contributed by atoms with van der Waals surface area (Å²) in [4.78, 5) is 12.4. The van der Waals surface area contributed by atoms with Crippen LogP contribution in [0.15, 0.2) is 24.3 Å². The molecule has 0 aliphatic rings. The molecule has 3 heteroatoms. The fraction of sp³-hybridized carbons (Fsp3) is 0.588. The quantitative estimate of drug-likeness (QED) is 0.735. The van der Waals surface area contributed by atoms with Crippen LogP contribution in [-0.4, -0.2) is 17.9 Å². The molecule has 0 aliphatic carbocycles. The van der Waals surface area contributed by atoms with E-state index in [0.29, 0.717) is 0 Å². The molecule has 0 fully saturated rings. The van der Waals surface area contributed by atoms with Gasteiger partial charge in [-0.1, -0.05) is 25.5 Å². The highest BCUT2D eigenvalue weighted by Crippen LogP contribution is 2.20. The minimum Gasteiger partial charge on any atom is -0.491 e. The normalized spacial score (nSPS) is 14.1. The Morgan fingerprint density at radius 3 is 2.50 bits per heavy atom. The number of carbonyl (C=O) groups is 1. The molecule has 1 aromatic rings. The predicted octanol–water partition coefficient (Wildman–Crippen LogP) is 3.81. The zero-order chi connectivity index (χ0) is 15.1. The van der Waals surface area contributed by atoms with E-state index in [1.54, 1.807) is 0 Å². The van der Waals surface area contributed by atoms with Crippen LogP contribution in [0.4, 0.5) is 0 Å². The van der Waals surface area contributed by atoms with Gasteiger partial charge in [-0.2, -0.15) is 0 Å². The molecule has 0 saturated carbocycles. The van der Waals surface area contributed by atoms with E-state index in [1.165, 1.54) is 0 Å². The Balaban J connectivity index is 2.61. The van der Waals surface area contributed by atoms with Gasteiger partial charge >= 0.3 is 0 Å². The smallest absolute Gasteiger partial charge is 0.165 e. The number of hydrogen-bond donors (Lipinski definition) is 1. The Bertz CT molecular complexity index is 427. The molecule has 0 amide bonds. The maximum absolute atomic E-state index is 12.4. The first-order valence-corrected chi connectivity index (χ1v) is 7.46. The van der Waals surface area contributed by atoms with E-state index in [4.69, 9.17) is 10.5 Å². The van der Waals surface area contributed by atoms with E-state index in [9.17, 15) is 4.79 Å². The lowest BCUT2D eigenvalue weighted by atomic mass is 9.93. The third-order valence-electron chi connectivity index (χ3n) is 3.23. The maximum Gasteiger partial charge on any atom is 0.165 e. The van der Waals surface area contributed by atoms with Crippen molar-refractivity contribution in [1.29, 1.82) is 0 Å². The molecule has 0 aromatic heterocycles. The van der Waals surface area contributed by atoms with Crippen LogP contribution < -0.4 is 10.5 Å². The van der Waals surface area contributed by atoms with E-state index in [1.807, 2.05) is 52.0 Å². The fourth-order valence-corrected chi connectivity index (χ4v) is 2.16. The Kier molecular flexibility index (Phi) is 6.73. The summed E-state index contributed by atoms with van der Waals surface area (Å²) < 4.78 is 5.63. The van der Waals surface area contributed by atoms with E-state index in [-0.39, 0.29) is 23.8 Å². The molecule has 2 atom stereocenters. The molecule has 0 bridgehead atoms. The van der Waals surface area contributed by atoms with Crippen molar-refractivity contribution >= 4 is 5.78 Å². The number of rotatable bonds is 8. The summed E-state index contributed by atoms with van der Waals surface area (Å²) >= 11 is 0. The molecule has 20 heavy (non-hydrogen) atoms. The van der Waals surface area contributed by atoms with Crippen molar-refractivity contribution in [3.8, 4) is 5.75 Å². The summed E-state index contributed by atoms with van der Waals surface area (Å²) in [5.41, 5.74) is 6.46. The van der Waals surface area contributed by atoms with Crippen LogP contribution in [0.25, 0.3) is 0 Å². The van der Waals surface area contributed by atoms with Gasteiger partial charge in [0.2, 0.25) is 0 Å². The van der Waals surface area contributed by atoms with Gasteiger partial charge in [0.25, 0.3) is 0 Å². The molecule has 1 rings (SSSR count). The first-order chi connectivity index (χ1) is 9.40. The van der Waals surface area contributed by atoms with Gasteiger partial charge in [-0.3, -0.25) is 4.79 Å². The highest BCUT2D eigenvalue weighted by Gasteiger charge is 2.15. The Morgan fingerprint density at radius 2 is 1.90 bits per heavy atom. The molecule has 112 valence electrons. The van der Waals surface area contributed by atoms with Gasteiger partial charge in [-0.05, 0) is 45.7 Å². The van der Waals surface area contributed by atoms with E-state index >= 15 is 0 Å². The van der Waals surface area contributed by atoms with Crippen LogP contribution in [0.5, 0.6) is 5.75 Å². The third kappa shape index (κ3) is 5.74. The summed E-state index contributed by atoms with van der Waals surface area (Å²) in [5.74, 6) is 0.973. The van der Waals surface area contributed by atoms with Crippen molar-refractivity contribution < 1.29 is 9.53 Å². The van der Waals surface area contributed by atoms with Gasteiger partial charge in [0.05, 0.1) is 6.10 Å². The topological polar surface area (TPSA) is 52.3 Å². The van der Waals surface area contributed by atoms with Crippen LogP contribution >= 0.6 is 0 Å². The second kappa shape index (κ2) is 8.05. The molecule has 0 aliphatic heterocycles. The number of nitrogens with two attached hydrogens (primary N) is 1. The molecule has 0 saturated heterocycles. The molecule has 2 unspecified atom stereocenters. The Morgan fingerprint density at radius 1 is 1.20 bits per heavy atom. The minimum atomic E-state index is 0.0306. The van der Waals surface area contributed by atoms with Crippen molar-refractivity contribution in [3.63, 3.8) is 0 Å². The number of ketones is 1.